The number of aryl methyl sites for hydroxylation is 1. The smallest absolute Gasteiger partial charge is 0.203 e. The molecule has 0 aliphatic heterocycles. The number of halogens is 1. The Bertz CT molecular complexity index is 422. The molecule has 0 saturated heterocycles. The first-order chi connectivity index (χ1) is 6.74. The van der Waals surface area contributed by atoms with Gasteiger partial charge in [0.15, 0.2) is 0 Å². The average Bonchev–Trinajstić information content (AvgIpc) is 2.56. The van der Waals surface area contributed by atoms with E-state index in [1.54, 1.807) is 0 Å². The van der Waals surface area contributed by atoms with Crippen molar-refractivity contribution in [1.82, 2.24) is 9.36 Å². The van der Waals surface area contributed by atoms with Crippen LogP contribution in [0.4, 0.5) is 0 Å². The molecule has 0 saturated carbocycles. The number of benzene rings is 1. The number of nitrogens with zero attached hydrogens (tertiary/aromatic N) is 2. The molecule has 0 radical (unpaired) electrons. The lowest BCUT2D eigenvalue weighted by Crippen LogP contribution is -1.90. The van der Waals surface area contributed by atoms with E-state index in [2.05, 4.69) is 40.5 Å². The Kier molecular flexibility index (Phi) is 2.79. The normalized spacial score (nSPS) is 10.4. The van der Waals surface area contributed by atoms with Crippen LogP contribution in [0.25, 0.3) is 0 Å². The zero-order valence-electron chi connectivity index (χ0n) is 7.70. The van der Waals surface area contributed by atoms with Gasteiger partial charge in [0.2, 0.25) is 4.47 Å². The predicted molar refractivity (Wildman–Crippen MR) is 58.9 cm³/mol. The molecule has 2 aromatic rings. The topological polar surface area (TPSA) is 25.8 Å². The Morgan fingerprint density at radius 1 is 1.29 bits per heavy atom. The molecule has 0 fully saturated rings. The van der Waals surface area contributed by atoms with E-state index in [0.29, 0.717) is 4.47 Å². The molecule has 0 amide bonds. The van der Waals surface area contributed by atoms with Crippen LogP contribution in [0.15, 0.2) is 24.3 Å². The summed E-state index contributed by atoms with van der Waals surface area (Å²) in [4.78, 5) is 4.10. The third-order valence-corrected chi connectivity index (χ3v) is 2.76. The van der Waals surface area contributed by atoms with Gasteiger partial charge >= 0.3 is 0 Å². The molecule has 0 atom stereocenters. The molecular formula is C10H9ClN2S. The molecule has 1 aromatic heterocycles. The van der Waals surface area contributed by atoms with Crippen LogP contribution in [-0.2, 0) is 6.42 Å². The van der Waals surface area contributed by atoms with Crippen molar-refractivity contribution in [2.75, 3.05) is 0 Å². The van der Waals surface area contributed by atoms with Crippen molar-refractivity contribution in [2.24, 2.45) is 0 Å². The molecule has 0 N–H and O–H groups in total. The molecule has 14 heavy (non-hydrogen) atoms. The molecule has 0 unspecified atom stereocenters. The van der Waals surface area contributed by atoms with Crippen LogP contribution >= 0.6 is 23.1 Å². The van der Waals surface area contributed by atoms with Gasteiger partial charge in [-0.05, 0) is 35.6 Å². The molecule has 72 valence electrons. The van der Waals surface area contributed by atoms with Crippen LogP contribution in [0.2, 0.25) is 4.47 Å². The van der Waals surface area contributed by atoms with Crippen molar-refractivity contribution in [3.8, 4) is 0 Å². The highest BCUT2D eigenvalue weighted by Crippen LogP contribution is 2.14. The van der Waals surface area contributed by atoms with E-state index in [-0.39, 0.29) is 0 Å². The molecule has 0 spiro atoms. The van der Waals surface area contributed by atoms with Gasteiger partial charge in [-0.3, -0.25) is 0 Å². The van der Waals surface area contributed by atoms with Gasteiger partial charge in [-0.15, -0.1) is 0 Å². The van der Waals surface area contributed by atoms with Crippen molar-refractivity contribution >= 4 is 23.1 Å². The highest BCUT2D eigenvalue weighted by atomic mass is 35.5. The van der Waals surface area contributed by atoms with Crippen molar-refractivity contribution in [2.45, 2.75) is 13.3 Å². The van der Waals surface area contributed by atoms with Crippen LogP contribution in [0, 0.1) is 6.92 Å². The highest BCUT2D eigenvalue weighted by Gasteiger charge is 2.02. The second kappa shape index (κ2) is 4.07. The summed E-state index contributed by atoms with van der Waals surface area (Å²) in [6, 6.07) is 8.35. The lowest BCUT2D eigenvalue weighted by Gasteiger charge is -1.97. The molecule has 0 aliphatic rings. The van der Waals surface area contributed by atoms with Crippen molar-refractivity contribution in [3.63, 3.8) is 0 Å². The Balaban J connectivity index is 2.15. The van der Waals surface area contributed by atoms with Gasteiger partial charge in [-0.25, -0.2) is 4.98 Å². The van der Waals surface area contributed by atoms with Crippen molar-refractivity contribution in [3.05, 3.63) is 45.7 Å². The molecule has 4 heteroatoms. The molecule has 2 nitrogen and oxygen atoms in total. The quantitative estimate of drug-likeness (QED) is 0.784. The van der Waals surface area contributed by atoms with Crippen molar-refractivity contribution < 1.29 is 0 Å². The average molecular weight is 225 g/mol. The van der Waals surface area contributed by atoms with Crippen LogP contribution in [0.5, 0.6) is 0 Å². The summed E-state index contributed by atoms with van der Waals surface area (Å²) in [5, 5.41) is 0. The summed E-state index contributed by atoms with van der Waals surface area (Å²) in [6.45, 7) is 2.07. The molecule has 1 heterocycles. The zero-order chi connectivity index (χ0) is 9.97. The number of hydrogen-bond acceptors (Lipinski definition) is 3. The lowest BCUT2D eigenvalue weighted by atomic mass is 10.1. The van der Waals surface area contributed by atoms with E-state index >= 15 is 0 Å². The zero-order valence-corrected chi connectivity index (χ0v) is 9.27. The second-order valence-corrected chi connectivity index (χ2v) is 4.46. The molecule has 1 aromatic carbocycles. The van der Waals surface area contributed by atoms with Gasteiger partial charge in [0.1, 0.15) is 5.82 Å². The minimum Gasteiger partial charge on any atom is -0.208 e. The van der Waals surface area contributed by atoms with E-state index in [9.17, 15) is 0 Å². The van der Waals surface area contributed by atoms with Crippen LogP contribution in [-0.4, -0.2) is 9.36 Å². The molecular weight excluding hydrogens is 216 g/mol. The maximum Gasteiger partial charge on any atom is 0.203 e. The summed E-state index contributed by atoms with van der Waals surface area (Å²) >= 11 is 6.93. The first kappa shape index (κ1) is 9.62. The SMILES string of the molecule is Cc1ccc(Cc2nsc(Cl)n2)cc1. The van der Waals surface area contributed by atoms with Gasteiger partial charge in [-0.1, -0.05) is 29.8 Å². The Morgan fingerprint density at radius 2 is 2.00 bits per heavy atom. The molecule has 0 aliphatic carbocycles. The summed E-state index contributed by atoms with van der Waals surface area (Å²) in [5.74, 6) is 0.795. The van der Waals surface area contributed by atoms with E-state index in [1.807, 2.05) is 0 Å². The number of hydrogen-bond donors (Lipinski definition) is 0. The minimum atomic E-state index is 0.507. The van der Waals surface area contributed by atoms with E-state index in [4.69, 9.17) is 11.6 Å². The highest BCUT2D eigenvalue weighted by molar-refractivity contribution is 7.10. The number of aromatic nitrogens is 2. The fraction of sp³-hybridized carbons (Fsp3) is 0.200. The van der Waals surface area contributed by atoms with E-state index < -0.39 is 0 Å². The Hall–Kier alpha value is -0.930. The van der Waals surface area contributed by atoms with E-state index in [1.165, 1.54) is 22.7 Å². The fourth-order valence-electron chi connectivity index (χ4n) is 1.19. The third kappa shape index (κ3) is 2.30. The number of rotatable bonds is 2. The largest absolute Gasteiger partial charge is 0.208 e. The predicted octanol–water partition coefficient (Wildman–Crippen LogP) is 3.09. The Morgan fingerprint density at radius 3 is 2.57 bits per heavy atom. The van der Waals surface area contributed by atoms with Gasteiger partial charge in [0.05, 0.1) is 0 Å². The van der Waals surface area contributed by atoms with E-state index in [0.717, 1.165) is 12.2 Å². The summed E-state index contributed by atoms with van der Waals surface area (Å²) in [5.41, 5.74) is 2.48. The second-order valence-electron chi connectivity index (χ2n) is 3.13. The first-order valence-corrected chi connectivity index (χ1v) is 5.43. The first-order valence-electron chi connectivity index (χ1n) is 4.27. The van der Waals surface area contributed by atoms with Crippen LogP contribution in [0.1, 0.15) is 17.0 Å². The molecule has 0 bridgehead atoms. The van der Waals surface area contributed by atoms with Gasteiger partial charge < -0.3 is 0 Å². The van der Waals surface area contributed by atoms with Gasteiger partial charge in [-0.2, -0.15) is 4.37 Å². The summed E-state index contributed by atoms with van der Waals surface area (Å²) in [6.07, 6.45) is 0.753. The van der Waals surface area contributed by atoms with Crippen LogP contribution in [0.3, 0.4) is 0 Å². The van der Waals surface area contributed by atoms with Gasteiger partial charge in [0, 0.05) is 6.42 Å². The van der Waals surface area contributed by atoms with Crippen molar-refractivity contribution in [1.29, 1.82) is 0 Å². The Labute approximate surface area is 91.7 Å². The standard InChI is InChI=1S/C10H9ClN2S/c1-7-2-4-8(5-3-7)6-9-12-10(11)14-13-9/h2-5H,6H2,1H3. The van der Waals surface area contributed by atoms with Gasteiger partial charge in [0.25, 0.3) is 0 Å². The minimum absolute atomic E-state index is 0.507. The lowest BCUT2D eigenvalue weighted by molar-refractivity contribution is 1.04. The maximum atomic E-state index is 5.70. The third-order valence-electron chi connectivity index (χ3n) is 1.93. The summed E-state index contributed by atoms with van der Waals surface area (Å²) < 4.78 is 4.64. The monoisotopic (exact) mass is 224 g/mol. The molecule has 2 rings (SSSR count). The summed E-state index contributed by atoms with van der Waals surface area (Å²) in [7, 11) is 0. The fourth-order valence-corrected chi connectivity index (χ4v) is 1.83. The van der Waals surface area contributed by atoms with Crippen LogP contribution < -0.4 is 0 Å². The maximum absolute atomic E-state index is 5.70.